The van der Waals surface area contributed by atoms with Gasteiger partial charge in [0.2, 0.25) is 23.6 Å². The van der Waals surface area contributed by atoms with Gasteiger partial charge in [-0.2, -0.15) is 0 Å². The maximum absolute atomic E-state index is 13.6. The van der Waals surface area contributed by atoms with Crippen LogP contribution in [0.25, 0.3) is 22.3 Å². The van der Waals surface area contributed by atoms with Crippen LogP contribution in [0.3, 0.4) is 0 Å². The molecule has 0 bridgehead atoms. The van der Waals surface area contributed by atoms with E-state index in [1.165, 1.54) is 25.8 Å². The summed E-state index contributed by atoms with van der Waals surface area (Å²) >= 11 is 0. The molecule has 89 heavy (non-hydrogen) atoms. The second-order valence-electron chi connectivity index (χ2n) is 24.1. The van der Waals surface area contributed by atoms with Gasteiger partial charge in [0, 0.05) is 80.4 Å². The molecule has 0 radical (unpaired) electrons. The maximum Gasteiger partial charge on any atom is 0.326 e. The quantitative estimate of drug-likeness (QED) is 0.0336. The number of hydrogen-bond donors (Lipinski definition) is 9. The highest BCUT2D eigenvalue weighted by molar-refractivity contribution is 6.00. The lowest BCUT2D eigenvalue weighted by atomic mass is 9.88. The third kappa shape index (κ3) is 23.9. The Morgan fingerprint density at radius 3 is 1.04 bits per heavy atom. The van der Waals surface area contributed by atoms with E-state index in [9.17, 15) is 87.5 Å². The van der Waals surface area contributed by atoms with Gasteiger partial charge in [0.1, 0.15) is 12.1 Å². The van der Waals surface area contributed by atoms with Gasteiger partial charge < -0.3 is 51.9 Å². The van der Waals surface area contributed by atoms with Crippen molar-refractivity contribution in [2.45, 2.75) is 145 Å². The van der Waals surface area contributed by atoms with Crippen molar-refractivity contribution in [3.8, 4) is 22.3 Å². The van der Waals surface area contributed by atoms with Gasteiger partial charge in [0.25, 0.3) is 11.8 Å². The van der Waals surface area contributed by atoms with Gasteiger partial charge in [-0.15, -0.1) is 0 Å². The molecule has 0 aromatic heterocycles. The van der Waals surface area contributed by atoms with Crippen LogP contribution in [0.5, 0.6) is 0 Å². The second-order valence-corrected chi connectivity index (χ2v) is 24.1. The van der Waals surface area contributed by atoms with Gasteiger partial charge in [-0.3, -0.25) is 57.5 Å². The first-order valence-electron chi connectivity index (χ1n) is 29.7. The molecule has 0 fully saturated rings. The third-order valence-corrected chi connectivity index (χ3v) is 15.1. The molecule has 484 valence electrons. The summed E-state index contributed by atoms with van der Waals surface area (Å²) < 4.78 is 0. The average molecular weight is 1240 g/mol. The highest BCUT2D eigenvalue weighted by atomic mass is 16.4. The summed E-state index contributed by atoms with van der Waals surface area (Å²) in [5.74, 6) is -17.1. The largest absolute Gasteiger partial charge is 0.481 e. The number of carbonyl (C=O) groups is 14. The first-order valence-corrected chi connectivity index (χ1v) is 29.7. The van der Waals surface area contributed by atoms with Gasteiger partial charge in [-0.1, -0.05) is 118 Å². The molecule has 3 aromatic carbocycles. The summed E-state index contributed by atoms with van der Waals surface area (Å²) in [5, 5.41) is 50.3. The number of hydrogen-bond acceptors (Lipinski definition) is 14. The summed E-state index contributed by atoms with van der Waals surface area (Å²) in [4.78, 5) is 180. The molecule has 0 spiro atoms. The molecule has 9 N–H and O–H groups in total. The Balaban J connectivity index is 1.54. The minimum Gasteiger partial charge on any atom is -0.481 e. The summed E-state index contributed by atoms with van der Waals surface area (Å²) in [6, 6.07) is 16.1. The first kappa shape index (κ1) is 74.3. The Labute approximate surface area is 518 Å². The molecule has 0 heterocycles. The molecule has 3 rings (SSSR count). The predicted octanol–water partition coefficient (Wildman–Crippen LogP) is 5.63. The number of likely N-dealkylation sites (N-methyl/N-ethyl adjacent to an activating group) is 1. The third-order valence-electron chi connectivity index (χ3n) is 15.1. The zero-order chi connectivity index (χ0) is 67.1. The number of nitrogens with one attached hydrogen (secondary N) is 5. The van der Waals surface area contributed by atoms with E-state index in [2.05, 4.69) is 26.6 Å². The van der Waals surface area contributed by atoms with Gasteiger partial charge in [0.15, 0.2) is 23.1 Å². The number of Topliss-reactive ketones (excluding diaryl/α,β-unsaturated/α-hetero) is 4. The summed E-state index contributed by atoms with van der Waals surface area (Å²) in [6.07, 6.45) is -2.92. The van der Waals surface area contributed by atoms with Crippen molar-refractivity contribution in [3.05, 3.63) is 83.9 Å². The fraction of sp³-hybridized carbons (Fsp3) is 0.508. The van der Waals surface area contributed by atoms with Crippen molar-refractivity contribution in [2.24, 2.45) is 47.3 Å². The number of rotatable bonds is 38. The summed E-state index contributed by atoms with van der Waals surface area (Å²) in [7, 11) is 1.45. The van der Waals surface area contributed by atoms with Crippen LogP contribution in [0.2, 0.25) is 0 Å². The van der Waals surface area contributed by atoms with Crippen molar-refractivity contribution in [3.63, 3.8) is 0 Å². The Hall–Kier alpha value is -8.96. The summed E-state index contributed by atoms with van der Waals surface area (Å²) in [5.41, 5.74) is 3.77. The minimum atomic E-state index is -1.29. The lowest BCUT2D eigenvalue weighted by molar-refractivity contribution is -0.144. The number of benzene rings is 3. The zero-order valence-corrected chi connectivity index (χ0v) is 52.4. The number of ketones is 4. The topological polar surface area (TPSA) is 383 Å². The lowest BCUT2D eigenvalue weighted by Crippen LogP contribution is -2.49. The van der Waals surface area contributed by atoms with Crippen molar-refractivity contribution in [1.82, 2.24) is 31.5 Å². The lowest BCUT2D eigenvalue weighted by Gasteiger charge is -2.26. The average Bonchev–Trinajstić information content (AvgIpc) is 3.49. The van der Waals surface area contributed by atoms with E-state index in [1.54, 1.807) is 104 Å². The molecule has 3 aromatic rings. The molecular weight excluding hydrogens is 1150 g/mol. The normalized spacial score (nSPS) is 14.0. The predicted molar refractivity (Wildman–Crippen MR) is 326 cm³/mol. The second kappa shape index (κ2) is 35.1. The number of carboxylic acid groups (broad SMARTS) is 4. The van der Waals surface area contributed by atoms with Gasteiger partial charge in [-0.25, -0.2) is 9.59 Å². The smallest absolute Gasteiger partial charge is 0.326 e. The molecule has 24 nitrogen and oxygen atoms in total. The van der Waals surface area contributed by atoms with E-state index >= 15 is 0 Å². The molecule has 0 unspecified atom stereocenters. The minimum absolute atomic E-state index is 0.251. The zero-order valence-electron chi connectivity index (χ0n) is 52.4. The van der Waals surface area contributed by atoms with E-state index in [-0.39, 0.29) is 37.8 Å². The summed E-state index contributed by atoms with van der Waals surface area (Å²) in [6.45, 7) is 15.2. The first-order chi connectivity index (χ1) is 41.6. The Morgan fingerprint density at radius 1 is 0.404 bits per heavy atom. The molecule has 24 heteroatoms. The van der Waals surface area contributed by atoms with E-state index < -0.39 is 186 Å². The number of nitrogens with zero attached hydrogens (tertiary/aromatic N) is 1. The molecule has 0 saturated carbocycles. The van der Waals surface area contributed by atoms with E-state index in [4.69, 9.17) is 0 Å². The van der Waals surface area contributed by atoms with Gasteiger partial charge >= 0.3 is 23.9 Å². The molecule has 0 aliphatic rings. The van der Waals surface area contributed by atoms with Crippen LogP contribution in [0.15, 0.2) is 72.8 Å². The monoisotopic (exact) mass is 1240 g/mol. The van der Waals surface area contributed by atoms with Crippen LogP contribution < -0.4 is 26.6 Å². The highest BCUT2D eigenvalue weighted by Crippen LogP contribution is 2.27. The van der Waals surface area contributed by atoms with Crippen molar-refractivity contribution in [2.75, 3.05) is 20.1 Å². The van der Waals surface area contributed by atoms with E-state index in [0.29, 0.717) is 5.56 Å². The number of carboxylic acids is 4. The van der Waals surface area contributed by atoms with Crippen LogP contribution >= 0.6 is 0 Å². The highest BCUT2D eigenvalue weighted by Gasteiger charge is 2.36. The van der Waals surface area contributed by atoms with Crippen LogP contribution in [-0.2, 0) is 57.5 Å². The number of amides is 6. The Bertz CT molecular complexity index is 3050. The molecule has 0 aliphatic carbocycles. The SMILES string of the molecule is CC(C)[C@H](NC(=O)[C@H](CCC(=O)O)CC(=O)[C@@H](NC(=O)[C@H](C)CC(=O)CNC(=O)c1ccc(-c2ccc(-c3ccc(C(=O)N(C)CC(=O)C[C@@H](C)C(=O)N[C@H](C(=O)C[C@@H](CCC(=O)O)C(=O)N[C@H](C(=O)O)C(C)C)C(C)C)cc3)cc2)cc1)C(C)C)C(=O)O. The van der Waals surface area contributed by atoms with Crippen molar-refractivity contribution < 1.29 is 87.5 Å². The van der Waals surface area contributed by atoms with Crippen LogP contribution in [0.4, 0.5) is 0 Å². The van der Waals surface area contributed by atoms with E-state index in [0.717, 1.165) is 22.3 Å². The molecule has 0 aliphatic heterocycles. The Morgan fingerprint density at radius 2 is 0.719 bits per heavy atom. The van der Waals surface area contributed by atoms with E-state index in [1.807, 2.05) is 24.3 Å². The van der Waals surface area contributed by atoms with Crippen LogP contribution in [-0.4, -0.2) is 152 Å². The molecule has 6 amide bonds. The maximum atomic E-state index is 13.6. The van der Waals surface area contributed by atoms with Crippen molar-refractivity contribution in [1.29, 1.82) is 0 Å². The van der Waals surface area contributed by atoms with Crippen LogP contribution in [0.1, 0.15) is 141 Å². The molecule has 8 atom stereocenters. The number of carbonyl (C=O) groups excluding carboxylic acids is 10. The van der Waals surface area contributed by atoms with Crippen molar-refractivity contribution >= 4 is 82.5 Å². The van der Waals surface area contributed by atoms with Gasteiger partial charge in [0.05, 0.1) is 25.2 Å². The van der Waals surface area contributed by atoms with Gasteiger partial charge in [-0.05, 0) is 83.0 Å². The molecule has 0 saturated heterocycles. The fourth-order valence-electron chi connectivity index (χ4n) is 9.70. The Kier molecular flexibility index (Phi) is 29.3. The standard InChI is InChI=1S/C65H86N6O18/c1-34(2)54(50(74)30-46(24-26-52(76)77)61(83)69-56(36(5)6)64(86)87)67-58(80)38(9)28-48(72)32-66-60(82)44-20-16-42(17-21-44)40-12-14-41(15-13-40)43-18-22-45(23-19-43)63(85)71(11)33-49(73)29-39(10)59(81)68-55(35(3)4)51(75)31-47(25-27-53(78)79)62(84)70-57(37(7)8)65(88)89/h12-23,34-39,46-47,54-57H,24-33H2,1-11H3,(H,66,82)(H,67,80)(H,68,81)(H,69,83)(H,70,84)(H,76,77)(H,78,79)(H,86,87)(H,88,89)/t38-,39-,46-,47-,54+,55+,56+,57+/m1/s1. The molecular formula is C65H86N6O18. The van der Waals surface area contributed by atoms with Crippen LogP contribution in [0, 0.1) is 47.3 Å². The number of aliphatic carboxylic acids is 4. The fourth-order valence-corrected chi connectivity index (χ4v) is 9.70.